The number of nitrogens with one attached hydrogen (secondary N) is 3. The van der Waals surface area contributed by atoms with E-state index in [1.807, 2.05) is 0 Å². The van der Waals surface area contributed by atoms with Gasteiger partial charge in [0.05, 0.1) is 27.4 Å². The fraction of sp³-hybridized carbons (Fsp3) is 0.591. The van der Waals surface area contributed by atoms with Gasteiger partial charge in [-0.15, -0.1) is 0 Å². The molecule has 0 radical (unpaired) electrons. The topological polar surface area (TPSA) is 122 Å². The van der Waals surface area contributed by atoms with E-state index in [9.17, 15) is 14.9 Å². The van der Waals surface area contributed by atoms with Gasteiger partial charge in [0.15, 0.2) is 11.5 Å². The third kappa shape index (κ3) is 7.24. The van der Waals surface area contributed by atoms with Crippen LogP contribution in [0.4, 0.5) is 4.79 Å². The van der Waals surface area contributed by atoms with Crippen LogP contribution < -0.4 is 30.2 Å². The van der Waals surface area contributed by atoms with Crippen molar-refractivity contribution in [2.45, 2.75) is 57.0 Å². The second-order valence-corrected chi connectivity index (χ2v) is 7.43. The molecule has 1 aromatic carbocycles. The first-order valence-electron chi connectivity index (χ1n) is 10.6. The Morgan fingerprint density at radius 1 is 1.10 bits per heavy atom. The van der Waals surface area contributed by atoms with Crippen molar-refractivity contribution in [1.82, 2.24) is 16.0 Å². The van der Waals surface area contributed by atoms with E-state index in [2.05, 4.69) is 22.0 Å². The number of hydrogen-bond donors (Lipinski definition) is 3. The number of rotatable bonds is 10. The van der Waals surface area contributed by atoms with Crippen LogP contribution in [0.3, 0.4) is 0 Å². The quantitative estimate of drug-likeness (QED) is 0.489. The molecule has 1 unspecified atom stereocenters. The molecule has 0 heterocycles. The van der Waals surface area contributed by atoms with E-state index >= 15 is 0 Å². The smallest absolute Gasteiger partial charge is 0.315 e. The van der Waals surface area contributed by atoms with Gasteiger partial charge in [0.1, 0.15) is 6.04 Å². The van der Waals surface area contributed by atoms with Crippen LogP contribution >= 0.6 is 0 Å². The van der Waals surface area contributed by atoms with E-state index in [0.29, 0.717) is 35.8 Å². The molecule has 0 bridgehead atoms. The fourth-order valence-corrected chi connectivity index (χ4v) is 3.63. The summed E-state index contributed by atoms with van der Waals surface area (Å²) in [6.45, 7) is 0.382. The van der Waals surface area contributed by atoms with Gasteiger partial charge in [-0.2, -0.15) is 5.26 Å². The summed E-state index contributed by atoms with van der Waals surface area (Å²) in [5, 5.41) is 18.0. The van der Waals surface area contributed by atoms with E-state index in [4.69, 9.17) is 14.2 Å². The molecule has 0 aliphatic heterocycles. The number of amides is 3. The number of nitriles is 1. The molecule has 1 aromatic rings. The molecule has 0 spiro atoms. The number of carbonyl (C=O) groups is 2. The monoisotopic (exact) mass is 432 g/mol. The Morgan fingerprint density at radius 3 is 2.29 bits per heavy atom. The maximum absolute atomic E-state index is 12.3. The van der Waals surface area contributed by atoms with Crippen LogP contribution in [-0.2, 0) is 4.79 Å². The molecule has 1 fully saturated rings. The molecular weight excluding hydrogens is 400 g/mol. The average molecular weight is 433 g/mol. The van der Waals surface area contributed by atoms with Gasteiger partial charge in [-0.3, -0.25) is 4.79 Å². The maximum atomic E-state index is 12.3. The van der Waals surface area contributed by atoms with Crippen molar-refractivity contribution in [3.63, 3.8) is 0 Å². The lowest BCUT2D eigenvalue weighted by Gasteiger charge is -2.22. The zero-order valence-electron chi connectivity index (χ0n) is 18.5. The number of methoxy groups -OCH3 is 3. The van der Waals surface area contributed by atoms with Gasteiger partial charge in [0, 0.05) is 19.0 Å². The molecule has 1 aliphatic rings. The Hall–Kier alpha value is -3.15. The normalized spacial score (nSPS) is 14.6. The van der Waals surface area contributed by atoms with Crippen molar-refractivity contribution in [1.29, 1.82) is 5.26 Å². The maximum Gasteiger partial charge on any atom is 0.315 e. The Labute approximate surface area is 183 Å². The van der Waals surface area contributed by atoms with E-state index < -0.39 is 6.04 Å². The van der Waals surface area contributed by atoms with Crippen molar-refractivity contribution in [2.75, 3.05) is 27.9 Å². The number of hydrogen-bond acceptors (Lipinski definition) is 6. The van der Waals surface area contributed by atoms with Gasteiger partial charge in [-0.1, -0.05) is 19.3 Å². The van der Waals surface area contributed by atoms with Gasteiger partial charge >= 0.3 is 6.03 Å². The minimum Gasteiger partial charge on any atom is -0.493 e. The van der Waals surface area contributed by atoms with E-state index in [1.54, 1.807) is 12.1 Å². The van der Waals surface area contributed by atoms with Crippen LogP contribution in [0.2, 0.25) is 0 Å². The Balaban J connectivity index is 1.82. The lowest BCUT2D eigenvalue weighted by Crippen LogP contribution is -2.43. The second kappa shape index (κ2) is 12.5. The van der Waals surface area contributed by atoms with Crippen LogP contribution in [0, 0.1) is 11.3 Å². The SMILES string of the molecule is COc1cc(C(C#N)NC(=O)CCCNC(=O)NC2CCCCC2)cc(OC)c1OC. The summed E-state index contributed by atoms with van der Waals surface area (Å²) in [6, 6.07) is 4.52. The molecule has 1 aliphatic carbocycles. The molecule has 3 amide bonds. The Bertz CT molecular complexity index is 762. The van der Waals surface area contributed by atoms with Gasteiger partial charge in [-0.25, -0.2) is 4.79 Å². The fourth-order valence-electron chi connectivity index (χ4n) is 3.63. The Morgan fingerprint density at radius 2 is 1.74 bits per heavy atom. The lowest BCUT2D eigenvalue weighted by atomic mass is 9.96. The van der Waals surface area contributed by atoms with Crippen LogP contribution in [0.5, 0.6) is 17.2 Å². The molecule has 1 atom stereocenters. The highest BCUT2D eigenvalue weighted by Crippen LogP contribution is 2.39. The molecule has 0 aromatic heterocycles. The van der Waals surface area contributed by atoms with Crippen LogP contribution in [0.1, 0.15) is 56.6 Å². The van der Waals surface area contributed by atoms with Crippen molar-refractivity contribution in [2.24, 2.45) is 0 Å². The van der Waals surface area contributed by atoms with Crippen LogP contribution in [0.15, 0.2) is 12.1 Å². The van der Waals surface area contributed by atoms with Crippen molar-refractivity contribution in [3.05, 3.63) is 17.7 Å². The highest BCUT2D eigenvalue weighted by Gasteiger charge is 2.20. The van der Waals surface area contributed by atoms with Crippen LogP contribution in [-0.4, -0.2) is 45.9 Å². The minimum atomic E-state index is -0.872. The number of carbonyl (C=O) groups excluding carboxylic acids is 2. The van der Waals surface area contributed by atoms with Gasteiger partial charge in [0.25, 0.3) is 0 Å². The molecule has 1 saturated carbocycles. The first kappa shape index (κ1) is 24.1. The first-order chi connectivity index (χ1) is 15.0. The van der Waals surface area contributed by atoms with Crippen molar-refractivity contribution in [3.8, 4) is 23.3 Å². The summed E-state index contributed by atoms with van der Waals surface area (Å²) in [7, 11) is 4.46. The zero-order chi connectivity index (χ0) is 22.6. The third-order valence-electron chi connectivity index (χ3n) is 5.26. The van der Waals surface area contributed by atoms with Crippen LogP contribution in [0.25, 0.3) is 0 Å². The van der Waals surface area contributed by atoms with Crippen molar-refractivity contribution < 1.29 is 23.8 Å². The number of benzene rings is 1. The van der Waals surface area contributed by atoms with Crippen molar-refractivity contribution >= 4 is 11.9 Å². The average Bonchev–Trinajstić information content (AvgIpc) is 2.79. The standard InChI is InChI=1S/C22H32N4O5/c1-29-18-12-15(13-19(30-2)21(18)31-3)17(14-23)26-20(27)10-7-11-24-22(28)25-16-8-5-4-6-9-16/h12-13,16-17H,4-11H2,1-3H3,(H,26,27)(H2,24,25,28). The number of urea groups is 1. The predicted octanol–water partition coefficient (Wildman–Crippen LogP) is 2.81. The lowest BCUT2D eigenvalue weighted by molar-refractivity contribution is -0.121. The summed E-state index contributed by atoms with van der Waals surface area (Å²) in [5.41, 5.74) is 0.523. The highest BCUT2D eigenvalue weighted by atomic mass is 16.5. The molecule has 9 heteroatoms. The number of nitrogens with zero attached hydrogens (tertiary/aromatic N) is 1. The third-order valence-corrected chi connectivity index (χ3v) is 5.26. The van der Waals surface area contributed by atoms with E-state index in [0.717, 1.165) is 25.7 Å². The van der Waals surface area contributed by atoms with E-state index in [1.165, 1.54) is 27.8 Å². The molecule has 3 N–H and O–H groups in total. The molecule has 2 rings (SSSR count). The summed E-state index contributed by atoms with van der Waals surface area (Å²) in [5.74, 6) is 0.934. The van der Waals surface area contributed by atoms with Gasteiger partial charge in [0.2, 0.25) is 11.7 Å². The van der Waals surface area contributed by atoms with E-state index in [-0.39, 0.29) is 24.4 Å². The first-order valence-corrected chi connectivity index (χ1v) is 10.6. The van der Waals surface area contributed by atoms with Gasteiger partial charge < -0.3 is 30.2 Å². The largest absolute Gasteiger partial charge is 0.493 e. The Kier molecular flexibility index (Phi) is 9.75. The molecule has 170 valence electrons. The predicted molar refractivity (Wildman–Crippen MR) is 115 cm³/mol. The van der Waals surface area contributed by atoms with Gasteiger partial charge in [-0.05, 0) is 37.0 Å². The molecule has 31 heavy (non-hydrogen) atoms. The zero-order valence-corrected chi connectivity index (χ0v) is 18.5. The summed E-state index contributed by atoms with van der Waals surface area (Å²) in [6.07, 6.45) is 6.23. The summed E-state index contributed by atoms with van der Waals surface area (Å²) >= 11 is 0. The highest BCUT2D eigenvalue weighted by molar-refractivity contribution is 5.77. The molecule has 9 nitrogen and oxygen atoms in total. The molecular formula is C22H32N4O5. The summed E-state index contributed by atoms with van der Waals surface area (Å²) in [4.78, 5) is 24.2. The summed E-state index contributed by atoms with van der Waals surface area (Å²) < 4.78 is 15.9. The second-order valence-electron chi connectivity index (χ2n) is 7.43. The minimum absolute atomic E-state index is 0.187. The molecule has 0 saturated heterocycles. The number of ether oxygens (including phenoxy) is 3.